The van der Waals surface area contributed by atoms with Crippen LogP contribution in [0.15, 0.2) is 66.7 Å². The molecule has 0 unspecified atom stereocenters. The van der Waals surface area contributed by atoms with Gasteiger partial charge >= 0.3 is 0 Å². The minimum atomic E-state index is -0.159. The van der Waals surface area contributed by atoms with Crippen LogP contribution in [0.2, 0.25) is 5.02 Å². The first-order chi connectivity index (χ1) is 12.6. The predicted octanol–water partition coefficient (Wildman–Crippen LogP) is 6.18. The van der Waals surface area contributed by atoms with Crippen LogP contribution in [0, 0.1) is 6.92 Å². The molecule has 1 amide bonds. The SMILES string of the molecule is Cc1ccc(C(=O)Nc2ccc(-c3nc4ccccc4s3)c(Cl)c2)cc1. The minimum absolute atomic E-state index is 0.159. The Morgan fingerprint density at radius 2 is 1.81 bits per heavy atom. The smallest absolute Gasteiger partial charge is 0.255 e. The monoisotopic (exact) mass is 378 g/mol. The molecule has 0 saturated carbocycles. The molecule has 3 aromatic carbocycles. The zero-order valence-corrected chi connectivity index (χ0v) is 15.6. The molecular weight excluding hydrogens is 364 g/mol. The van der Waals surface area contributed by atoms with Crippen molar-refractivity contribution in [3.63, 3.8) is 0 Å². The maximum Gasteiger partial charge on any atom is 0.255 e. The van der Waals surface area contributed by atoms with Gasteiger partial charge < -0.3 is 5.32 Å². The van der Waals surface area contributed by atoms with Gasteiger partial charge in [-0.3, -0.25) is 4.79 Å². The summed E-state index contributed by atoms with van der Waals surface area (Å²) in [5.41, 5.74) is 4.21. The van der Waals surface area contributed by atoms with E-state index in [0.717, 1.165) is 26.4 Å². The molecule has 4 aromatic rings. The van der Waals surface area contributed by atoms with Crippen molar-refractivity contribution in [2.75, 3.05) is 5.32 Å². The number of nitrogens with one attached hydrogen (secondary N) is 1. The van der Waals surface area contributed by atoms with Crippen molar-refractivity contribution < 1.29 is 4.79 Å². The van der Waals surface area contributed by atoms with Crippen LogP contribution in [0.5, 0.6) is 0 Å². The molecule has 0 saturated heterocycles. The van der Waals surface area contributed by atoms with Gasteiger partial charge in [0.1, 0.15) is 5.01 Å². The number of thiazole rings is 1. The summed E-state index contributed by atoms with van der Waals surface area (Å²) in [5.74, 6) is -0.159. The van der Waals surface area contributed by atoms with Gasteiger partial charge in [-0.25, -0.2) is 4.98 Å². The second kappa shape index (κ2) is 6.90. The maximum absolute atomic E-state index is 12.3. The van der Waals surface area contributed by atoms with Gasteiger partial charge in [0.2, 0.25) is 0 Å². The summed E-state index contributed by atoms with van der Waals surface area (Å²) in [6.07, 6.45) is 0. The number of anilines is 1. The van der Waals surface area contributed by atoms with Crippen LogP contribution in [0.25, 0.3) is 20.8 Å². The van der Waals surface area contributed by atoms with Crippen molar-refractivity contribution in [2.45, 2.75) is 6.92 Å². The highest BCUT2D eigenvalue weighted by Gasteiger charge is 2.12. The summed E-state index contributed by atoms with van der Waals surface area (Å²) >= 11 is 8.06. The van der Waals surface area contributed by atoms with Gasteiger partial charge in [-0.15, -0.1) is 11.3 Å². The van der Waals surface area contributed by atoms with Gasteiger partial charge in [0.15, 0.2) is 0 Å². The number of amides is 1. The molecule has 5 heteroatoms. The number of carbonyl (C=O) groups excluding carboxylic acids is 1. The average molecular weight is 379 g/mol. The first kappa shape index (κ1) is 16.8. The van der Waals surface area contributed by atoms with Crippen LogP contribution in [-0.2, 0) is 0 Å². The van der Waals surface area contributed by atoms with E-state index in [1.807, 2.05) is 67.6 Å². The summed E-state index contributed by atoms with van der Waals surface area (Å²) < 4.78 is 1.12. The van der Waals surface area contributed by atoms with E-state index in [1.165, 1.54) is 0 Å². The molecule has 0 spiro atoms. The van der Waals surface area contributed by atoms with Crippen molar-refractivity contribution in [3.05, 3.63) is 82.9 Å². The van der Waals surface area contributed by atoms with Crippen molar-refractivity contribution in [1.29, 1.82) is 0 Å². The summed E-state index contributed by atoms with van der Waals surface area (Å²) in [6, 6.07) is 20.9. The third-order valence-electron chi connectivity index (χ3n) is 4.07. The number of carbonyl (C=O) groups is 1. The van der Waals surface area contributed by atoms with Gasteiger partial charge in [0.05, 0.1) is 15.2 Å². The highest BCUT2D eigenvalue weighted by atomic mass is 35.5. The molecule has 26 heavy (non-hydrogen) atoms. The lowest BCUT2D eigenvalue weighted by atomic mass is 10.1. The zero-order chi connectivity index (χ0) is 18.1. The third kappa shape index (κ3) is 3.34. The standard InChI is InChI=1S/C21H15ClN2OS/c1-13-6-8-14(9-7-13)20(25)23-15-10-11-16(17(22)12-15)21-24-18-4-2-3-5-19(18)26-21/h2-12H,1H3,(H,23,25). The van der Waals surface area contributed by atoms with Crippen LogP contribution in [0.4, 0.5) is 5.69 Å². The second-order valence-electron chi connectivity index (χ2n) is 6.00. The Morgan fingerprint density at radius 1 is 1.04 bits per heavy atom. The number of fused-ring (bicyclic) bond motifs is 1. The van der Waals surface area contributed by atoms with Crippen LogP contribution in [0.3, 0.4) is 0 Å². The number of para-hydroxylation sites is 1. The molecule has 3 nitrogen and oxygen atoms in total. The van der Waals surface area contributed by atoms with E-state index in [2.05, 4.69) is 10.3 Å². The summed E-state index contributed by atoms with van der Waals surface area (Å²) in [6.45, 7) is 1.99. The molecule has 1 N–H and O–H groups in total. The average Bonchev–Trinajstić information content (AvgIpc) is 3.06. The number of nitrogens with zero attached hydrogens (tertiary/aromatic N) is 1. The maximum atomic E-state index is 12.3. The predicted molar refractivity (Wildman–Crippen MR) is 109 cm³/mol. The zero-order valence-electron chi connectivity index (χ0n) is 14.0. The first-order valence-electron chi connectivity index (χ1n) is 8.14. The molecule has 4 rings (SSSR count). The number of benzene rings is 3. The van der Waals surface area contributed by atoms with Gasteiger partial charge in [-0.05, 0) is 49.4 Å². The molecule has 1 aromatic heterocycles. The van der Waals surface area contributed by atoms with Gasteiger partial charge in [-0.2, -0.15) is 0 Å². The van der Waals surface area contributed by atoms with Crippen LogP contribution in [-0.4, -0.2) is 10.9 Å². The molecule has 0 atom stereocenters. The molecule has 0 fully saturated rings. The highest BCUT2D eigenvalue weighted by molar-refractivity contribution is 7.21. The highest BCUT2D eigenvalue weighted by Crippen LogP contribution is 2.35. The fourth-order valence-electron chi connectivity index (χ4n) is 2.66. The lowest BCUT2D eigenvalue weighted by Crippen LogP contribution is -2.11. The number of rotatable bonds is 3. The Hall–Kier alpha value is -2.69. The van der Waals surface area contributed by atoms with Gasteiger partial charge in [-0.1, -0.05) is 41.4 Å². The van der Waals surface area contributed by atoms with Crippen molar-refractivity contribution >= 4 is 44.7 Å². The van der Waals surface area contributed by atoms with E-state index < -0.39 is 0 Å². The quantitative estimate of drug-likeness (QED) is 0.462. The molecule has 0 bridgehead atoms. The fourth-order valence-corrected chi connectivity index (χ4v) is 3.99. The largest absolute Gasteiger partial charge is 0.322 e. The van der Waals surface area contributed by atoms with Crippen LogP contribution >= 0.6 is 22.9 Å². The molecule has 128 valence electrons. The molecule has 0 radical (unpaired) electrons. The topological polar surface area (TPSA) is 42.0 Å². The number of aryl methyl sites for hydroxylation is 1. The Kier molecular flexibility index (Phi) is 4.45. The van der Waals surface area contributed by atoms with Crippen molar-refractivity contribution in [3.8, 4) is 10.6 Å². The Labute approximate surface area is 160 Å². The number of halogens is 1. The lowest BCUT2D eigenvalue weighted by Gasteiger charge is -2.08. The Bertz CT molecular complexity index is 1070. The van der Waals surface area contributed by atoms with E-state index >= 15 is 0 Å². The number of aromatic nitrogens is 1. The van der Waals surface area contributed by atoms with E-state index in [4.69, 9.17) is 11.6 Å². The van der Waals surface area contributed by atoms with E-state index in [-0.39, 0.29) is 5.91 Å². The van der Waals surface area contributed by atoms with Crippen LogP contribution in [0.1, 0.15) is 15.9 Å². The second-order valence-corrected chi connectivity index (χ2v) is 7.44. The van der Waals surface area contributed by atoms with Gasteiger partial charge in [0.25, 0.3) is 5.91 Å². The summed E-state index contributed by atoms with van der Waals surface area (Å²) in [5, 5.41) is 4.31. The minimum Gasteiger partial charge on any atom is -0.322 e. The van der Waals surface area contributed by atoms with E-state index in [1.54, 1.807) is 17.4 Å². The molecule has 0 aliphatic carbocycles. The van der Waals surface area contributed by atoms with Gasteiger partial charge in [0, 0.05) is 16.8 Å². The summed E-state index contributed by atoms with van der Waals surface area (Å²) in [4.78, 5) is 17.0. The third-order valence-corrected chi connectivity index (χ3v) is 5.45. The number of hydrogen-bond donors (Lipinski definition) is 1. The first-order valence-corrected chi connectivity index (χ1v) is 9.33. The molecule has 1 heterocycles. The Balaban J connectivity index is 1.59. The number of hydrogen-bond acceptors (Lipinski definition) is 3. The normalized spacial score (nSPS) is 10.8. The van der Waals surface area contributed by atoms with Crippen LogP contribution < -0.4 is 5.32 Å². The molecule has 0 aliphatic heterocycles. The van der Waals surface area contributed by atoms with Crippen molar-refractivity contribution in [2.24, 2.45) is 0 Å². The van der Waals surface area contributed by atoms with E-state index in [9.17, 15) is 4.79 Å². The fraction of sp³-hybridized carbons (Fsp3) is 0.0476. The molecular formula is C21H15ClN2OS. The van der Waals surface area contributed by atoms with Crippen molar-refractivity contribution in [1.82, 2.24) is 4.98 Å². The van der Waals surface area contributed by atoms with E-state index in [0.29, 0.717) is 16.3 Å². The molecule has 0 aliphatic rings. The summed E-state index contributed by atoms with van der Waals surface area (Å²) in [7, 11) is 0. The Morgan fingerprint density at radius 3 is 2.54 bits per heavy atom. The lowest BCUT2D eigenvalue weighted by molar-refractivity contribution is 0.102.